The molecule has 0 radical (unpaired) electrons. The summed E-state index contributed by atoms with van der Waals surface area (Å²) in [5.41, 5.74) is 16.2. The van der Waals surface area contributed by atoms with E-state index in [1.807, 2.05) is 6.08 Å². The fraction of sp³-hybridized carbons (Fsp3) is 0.833. The van der Waals surface area contributed by atoms with Crippen LogP contribution in [0.25, 0.3) is 0 Å². The zero-order chi connectivity index (χ0) is 11.6. The van der Waals surface area contributed by atoms with Gasteiger partial charge in [-0.25, -0.2) is 0 Å². The van der Waals surface area contributed by atoms with E-state index in [0.717, 1.165) is 6.42 Å². The van der Waals surface area contributed by atoms with Crippen molar-refractivity contribution in [2.45, 2.75) is 64.1 Å². The molecule has 0 aliphatic carbocycles. The van der Waals surface area contributed by atoms with Gasteiger partial charge in [-0.1, -0.05) is 51.5 Å². The van der Waals surface area contributed by atoms with Crippen LogP contribution < -0.4 is 17.2 Å². The van der Waals surface area contributed by atoms with Gasteiger partial charge < -0.3 is 0 Å². The Labute approximate surface area is 94.1 Å². The van der Waals surface area contributed by atoms with E-state index >= 15 is 0 Å². The molecule has 0 heterocycles. The van der Waals surface area contributed by atoms with Crippen LogP contribution in [0.4, 0.5) is 0 Å². The molecular formula is C12H27N3. The van der Waals surface area contributed by atoms with Crippen LogP contribution in [0.1, 0.15) is 58.3 Å². The summed E-state index contributed by atoms with van der Waals surface area (Å²) in [7, 11) is 0. The van der Waals surface area contributed by atoms with Crippen molar-refractivity contribution in [2.75, 3.05) is 0 Å². The number of hydrogen-bond acceptors (Lipinski definition) is 3. The van der Waals surface area contributed by atoms with Gasteiger partial charge in [0.25, 0.3) is 0 Å². The number of allylic oxidation sites excluding steroid dienone is 1. The second kappa shape index (κ2) is 8.89. The van der Waals surface area contributed by atoms with E-state index in [0.29, 0.717) is 0 Å². The van der Waals surface area contributed by atoms with E-state index in [-0.39, 0.29) is 0 Å². The quantitative estimate of drug-likeness (QED) is 0.312. The molecule has 0 aliphatic rings. The van der Waals surface area contributed by atoms with Crippen LogP contribution in [0.5, 0.6) is 0 Å². The monoisotopic (exact) mass is 213 g/mol. The lowest BCUT2D eigenvalue weighted by Gasteiger charge is -2.11. The van der Waals surface area contributed by atoms with Gasteiger partial charge in [-0.2, -0.15) is 0 Å². The summed E-state index contributed by atoms with van der Waals surface area (Å²) in [4.78, 5) is 0. The Morgan fingerprint density at radius 1 is 0.867 bits per heavy atom. The third kappa shape index (κ3) is 13.6. The highest BCUT2D eigenvalue weighted by molar-refractivity contribution is 4.96. The molecule has 0 aliphatic heterocycles. The van der Waals surface area contributed by atoms with Crippen molar-refractivity contribution in [2.24, 2.45) is 17.2 Å². The number of nitrogens with two attached hydrogens (primary N) is 3. The predicted molar refractivity (Wildman–Crippen MR) is 67.0 cm³/mol. The average molecular weight is 213 g/mol. The van der Waals surface area contributed by atoms with Gasteiger partial charge in [0.15, 0.2) is 0 Å². The first-order valence-electron chi connectivity index (χ1n) is 6.10. The first-order valence-corrected chi connectivity index (χ1v) is 6.10. The highest BCUT2D eigenvalue weighted by Gasteiger charge is 2.03. The van der Waals surface area contributed by atoms with E-state index in [2.05, 4.69) is 6.92 Å². The first-order chi connectivity index (χ1) is 7.06. The second-order valence-corrected chi connectivity index (χ2v) is 4.31. The van der Waals surface area contributed by atoms with Gasteiger partial charge in [0, 0.05) is 0 Å². The summed E-state index contributed by atoms with van der Waals surface area (Å²) in [6, 6.07) is 0. The molecule has 0 unspecified atom stereocenters. The third-order valence-electron chi connectivity index (χ3n) is 2.38. The topological polar surface area (TPSA) is 78.1 Å². The van der Waals surface area contributed by atoms with E-state index in [1.165, 1.54) is 44.9 Å². The molecule has 15 heavy (non-hydrogen) atoms. The highest BCUT2D eigenvalue weighted by Crippen LogP contribution is 2.08. The van der Waals surface area contributed by atoms with Crippen LogP contribution in [-0.2, 0) is 0 Å². The molecule has 90 valence electrons. The molecule has 0 spiro atoms. The van der Waals surface area contributed by atoms with Crippen molar-refractivity contribution < 1.29 is 0 Å². The number of rotatable bonds is 9. The summed E-state index contributed by atoms with van der Waals surface area (Å²) in [6.45, 7) is 2.24. The molecule has 0 atom stereocenters. The Hall–Kier alpha value is -0.380. The Morgan fingerprint density at radius 3 is 1.93 bits per heavy atom. The van der Waals surface area contributed by atoms with Gasteiger partial charge in [-0.3, -0.25) is 17.2 Å². The summed E-state index contributed by atoms with van der Waals surface area (Å²) in [6.07, 6.45) is 13.9. The predicted octanol–water partition coefficient (Wildman–Crippen LogP) is 2.21. The van der Waals surface area contributed by atoms with Crippen LogP contribution in [0.15, 0.2) is 12.2 Å². The van der Waals surface area contributed by atoms with Crippen LogP contribution in [0.2, 0.25) is 0 Å². The zero-order valence-corrected chi connectivity index (χ0v) is 10.0. The van der Waals surface area contributed by atoms with Gasteiger partial charge in [0.1, 0.15) is 5.79 Å². The van der Waals surface area contributed by atoms with Gasteiger partial charge in [0.2, 0.25) is 0 Å². The summed E-state index contributed by atoms with van der Waals surface area (Å²) >= 11 is 0. The molecule has 0 aromatic rings. The van der Waals surface area contributed by atoms with E-state index in [1.54, 1.807) is 6.08 Å². The van der Waals surface area contributed by atoms with E-state index in [9.17, 15) is 0 Å². The lowest BCUT2D eigenvalue weighted by molar-refractivity contribution is 0.574. The Morgan fingerprint density at radius 2 is 1.40 bits per heavy atom. The van der Waals surface area contributed by atoms with Crippen molar-refractivity contribution in [1.29, 1.82) is 0 Å². The molecular weight excluding hydrogens is 186 g/mol. The largest absolute Gasteiger partial charge is 0.298 e. The fourth-order valence-corrected chi connectivity index (χ4v) is 1.51. The average Bonchev–Trinajstić information content (AvgIpc) is 2.14. The normalized spacial score (nSPS) is 12.5. The third-order valence-corrected chi connectivity index (χ3v) is 2.38. The molecule has 0 amide bonds. The lowest BCUT2D eigenvalue weighted by Crippen LogP contribution is -2.56. The molecule has 0 aromatic heterocycles. The van der Waals surface area contributed by atoms with Gasteiger partial charge >= 0.3 is 0 Å². The molecule has 0 bridgehead atoms. The fourth-order valence-electron chi connectivity index (χ4n) is 1.51. The molecule has 0 saturated carbocycles. The minimum atomic E-state index is -1.14. The van der Waals surface area contributed by atoms with Crippen LogP contribution in [0.3, 0.4) is 0 Å². The lowest BCUT2D eigenvalue weighted by atomic mass is 10.1. The van der Waals surface area contributed by atoms with E-state index in [4.69, 9.17) is 17.2 Å². The molecule has 0 rings (SSSR count). The second-order valence-electron chi connectivity index (χ2n) is 4.31. The Bertz CT molecular complexity index is 159. The Balaban J connectivity index is 3.15. The van der Waals surface area contributed by atoms with Crippen LogP contribution >= 0.6 is 0 Å². The minimum absolute atomic E-state index is 1.03. The molecule has 3 nitrogen and oxygen atoms in total. The van der Waals surface area contributed by atoms with Crippen molar-refractivity contribution in [3.8, 4) is 0 Å². The van der Waals surface area contributed by atoms with Crippen molar-refractivity contribution >= 4 is 0 Å². The minimum Gasteiger partial charge on any atom is -0.298 e. The standard InChI is InChI=1S/C12H27N3/c1-2-3-4-5-6-7-8-9-10-11-12(13,14)15/h10-11H,2-9,13-15H2,1H3. The van der Waals surface area contributed by atoms with Gasteiger partial charge in [-0.15, -0.1) is 0 Å². The maximum atomic E-state index is 5.40. The Kier molecular flexibility index (Phi) is 8.67. The molecule has 6 N–H and O–H groups in total. The molecule has 0 aromatic carbocycles. The molecule has 3 heteroatoms. The van der Waals surface area contributed by atoms with Crippen LogP contribution in [0, 0.1) is 0 Å². The summed E-state index contributed by atoms with van der Waals surface area (Å²) < 4.78 is 0. The van der Waals surface area contributed by atoms with E-state index < -0.39 is 5.79 Å². The van der Waals surface area contributed by atoms with Gasteiger partial charge in [0.05, 0.1) is 0 Å². The SMILES string of the molecule is CCCCCCCCCC=CC(N)(N)N. The smallest absolute Gasteiger partial charge is 0.135 e. The zero-order valence-electron chi connectivity index (χ0n) is 10.0. The van der Waals surface area contributed by atoms with Crippen molar-refractivity contribution in [3.05, 3.63) is 12.2 Å². The van der Waals surface area contributed by atoms with Crippen molar-refractivity contribution in [1.82, 2.24) is 0 Å². The molecule has 0 saturated heterocycles. The number of hydrogen-bond donors (Lipinski definition) is 3. The molecule has 0 fully saturated rings. The van der Waals surface area contributed by atoms with Gasteiger partial charge in [-0.05, 0) is 18.9 Å². The maximum Gasteiger partial charge on any atom is 0.135 e. The number of unbranched alkanes of at least 4 members (excludes halogenated alkanes) is 7. The highest BCUT2D eigenvalue weighted by atomic mass is 15.1. The summed E-state index contributed by atoms with van der Waals surface area (Å²) in [5, 5.41) is 0. The first kappa shape index (κ1) is 14.6. The van der Waals surface area contributed by atoms with Crippen LogP contribution in [-0.4, -0.2) is 5.79 Å². The summed E-state index contributed by atoms with van der Waals surface area (Å²) in [5.74, 6) is -1.14. The maximum absolute atomic E-state index is 5.40. The van der Waals surface area contributed by atoms with Crippen molar-refractivity contribution in [3.63, 3.8) is 0 Å².